The molecule has 0 radical (unpaired) electrons. The third-order valence-electron chi connectivity index (χ3n) is 3.20. The Balaban J connectivity index is 1.95. The lowest BCUT2D eigenvalue weighted by Crippen LogP contribution is -1.98. The van der Waals surface area contributed by atoms with Crippen molar-refractivity contribution in [3.63, 3.8) is 0 Å². The number of benzene rings is 2. The van der Waals surface area contributed by atoms with Crippen molar-refractivity contribution in [1.29, 1.82) is 0 Å². The first kappa shape index (κ1) is 15.0. The highest BCUT2D eigenvalue weighted by molar-refractivity contribution is 5.33. The molecule has 5 nitrogen and oxygen atoms in total. The number of ether oxygens (including phenoxy) is 1. The van der Waals surface area contributed by atoms with E-state index in [0.717, 1.165) is 11.1 Å². The Morgan fingerprint density at radius 1 is 1.14 bits per heavy atom. The molecule has 1 N–H and O–H groups in total. The molecular weight excluding hydrogens is 270 g/mol. The van der Waals surface area contributed by atoms with E-state index in [1.165, 1.54) is 12.1 Å². The van der Waals surface area contributed by atoms with Crippen molar-refractivity contribution < 1.29 is 14.8 Å². The maximum Gasteiger partial charge on any atom is 0.269 e. The highest BCUT2D eigenvalue weighted by Crippen LogP contribution is 2.21. The van der Waals surface area contributed by atoms with E-state index in [0.29, 0.717) is 18.8 Å². The first-order valence-corrected chi connectivity index (χ1v) is 6.74. The molecule has 0 amide bonds. The Morgan fingerprint density at radius 2 is 1.76 bits per heavy atom. The number of nitrogens with zero attached hydrogens (tertiary/aromatic N) is 1. The second-order valence-electron chi connectivity index (χ2n) is 4.71. The van der Waals surface area contributed by atoms with Crippen LogP contribution in [0.25, 0.3) is 0 Å². The fourth-order valence-corrected chi connectivity index (χ4v) is 1.90. The number of hydrogen-bond acceptors (Lipinski definition) is 4. The first-order chi connectivity index (χ1) is 10.1. The monoisotopic (exact) mass is 287 g/mol. The minimum Gasteiger partial charge on any atom is -0.489 e. The average Bonchev–Trinajstić information content (AvgIpc) is 2.53. The van der Waals surface area contributed by atoms with Crippen molar-refractivity contribution in [2.24, 2.45) is 0 Å². The molecule has 21 heavy (non-hydrogen) atoms. The number of nitro benzene ring substituents is 1. The molecule has 1 unspecified atom stereocenters. The lowest BCUT2D eigenvalue weighted by Gasteiger charge is -2.10. The summed E-state index contributed by atoms with van der Waals surface area (Å²) < 4.78 is 5.61. The highest BCUT2D eigenvalue weighted by Gasteiger charge is 2.06. The Kier molecular flexibility index (Phi) is 4.90. The van der Waals surface area contributed by atoms with Gasteiger partial charge >= 0.3 is 0 Å². The molecule has 0 aromatic heterocycles. The van der Waals surface area contributed by atoms with Gasteiger partial charge in [0.1, 0.15) is 12.4 Å². The number of aliphatic hydroxyl groups is 1. The standard InChI is InChI=1S/C16H17NO4/c1-2-16(18)13-5-9-15(10-6-13)21-11-12-3-7-14(8-4-12)17(19)20/h3-10,16,18H,2,11H2,1H3. The third kappa shape index (κ3) is 4.03. The molecule has 0 fully saturated rings. The molecule has 2 aromatic rings. The zero-order valence-corrected chi connectivity index (χ0v) is 11.7. The number of aliphatic hydroxyl groups excluding tert-OH is 1. The van der Waals surface area contributed by atoms with Gasteiger partial charge in [-0.15, -0.1) is 0 Å². The van der Waals surface area contributed by atoms with Gasteiger partial charge in [-0.2, -0.15) is 0 Å². The van der Waals surface area contributed by atoms with Gasteiger partial charge in [0.15, 0.2) is 0 Å². The summed E-state index contributed by atoms with van der Waals surface area (Å²) in [6.07, 6.45) is 0.219. The van der Waals surface area contributed by atoms with Crippen LogP contribution in [0.3, 0.4) is 0 Å². The molecule has 0 aliphatic rings. The van der Waals surface area contributed by atoms with E-state index in [2.05, 4.69) is 0 Å². The Bertz CT molecular complexity index is 593. The Hall–Kier alpha value is -2.40. The summed E-state index contributed by atoms with van der Waals surface area (Å²) in [6, 6.07) is 13.5. The minimum atomic E-state index is -0.450. The van der Waals surface area contributed by atoms with E-state index in [9.17, 15) is 15.2 Å². The van der Waals surface area contributed by atoms with Crippen LogP contribution >= 0.6 is 0 Å². The zero-order chi connectivity index (χ0) is 15.2. The molecule has 0 aliphatic carbocycles. The molecule has 2 aromatic carbocycles. The van der Waals surface area contributed by atoms with Crippen molar-refractivity contribution in [2.45, 2.75) is 26.1 Å². The molecule has 0 saturated heterocycles. The maximum atomic E-state index is 10.6. The predicted molar refractivity (Wildman–Crippen MR) is 79.1 cm³/mol. The maximum absolute atomic E-state index is 10.6. The number of nitro groups is 1. The summed E-state index contributed by atoms with van der Waals surface area (Å²) >= 11 is 0. The number of hydrogen-bond donors (Lipinski definition) is 1. The van der Waals surface area contributed by atoms with Gasteiger partial charge < -0.3 is 9.84 Å². The van der Waals surface area contributed by atoms with Crippen LogP contribution < -0.4 is 4.74 Å². The summed E-state index contributed by atoms with van der Waals surface area (Å²) in [5.74, 6) is 0.695. The Labute approximate surface area is 123 Å². The van der Waals surface area contributed by atoms with Crippen LogP contribution in [0.2, 0.25) is 0 Å². The average molecular weight is 287 g/mol. The second kappa shape index (κ2) is 6.85. The molecule has 0 bridgehead atoms. The van der Waals surface area contributed by atoms with E-state index in [1.54, 1.807) is 24.3 Å². The van der Waals surface area contributed by atoms with Crippen molar-refractivity contribution >= 4 is 5.69 Å². The summed E-state index contributed by atoms with van der Waals surface area (Å²) in [5.41, 5.74) is 1.79. The summed E-state index contributed by atoms with van der Waals surface area (Å²) in [6.45, 7) is 2.26. The topological polar surface area (TPSA) is 72.6 Å². The first-order valence-electron chi connectivity index (χ1n) is 6.74. The van der Waals surface area contributed by atoms with E-state index in [4.69, 9.17) is 4.74 Å². The largest absolute Gasteiger partial charge is 0.489 e. The van der Waals surface area contributed by atoms with Crippen LogP contribution in [0.5, 0.6) is 5.75 Å². The van der Waals surface area contributed by atoms with Gasteiger partial charge in [-0.05, 0) is 41.8 Å². The van der Waals surface area contributed by atoms with Crippen LogP contribution in [-0.2, 0) is 6.61 Å². The SMILES string of the molecule is CCC(O)c1ccc(OCc2ccc([N+](=O)[O-])cc2)cc1. The van der Waals surface area contributed by atoms with Crippen LogP contribution in [-0.4, -0.2) is 10.0 Å². The summed E-state index contributed by atoms with van der Waals surface area (Å²) in [7, 11) is 0. The molecule has 5 heteroatoms. The van der Waals surface area contributed by atoms with Crippen LogP contribution in [0, 0.1) is 10.1 Å². The van der Waals surface area contributed by atoms with Crippen LogP contribution in [0.4, 0.5) is 5.69 Å². The molecule has 0 spiro atoms. The Morgan fingerprint density at radius 3 is 2.29 bits per heavy atom. The van der Waals surface area contributed by atoms with E-state index >= 15 is 0 Å². The molecule has 0 heterocycles. The van der Waals surface area contributed by atoms with Gasteiger partial charge in [-0.1, -0.05) is 19.1 Å². The van der Waals surface area contributed by atoms with Gasteiger partial charge in [0, 0.05) is 12.1 Å². The molecule has 1 atom stereocenters. The van der Waals surface area contributed by atoms with Gasteiger partial charge in [0.25, 0.3) is 5.69 Å². The van der Waals surface area contributed by atoms with Crippen molar-refractivity contribution in [3.8, 4) is 5.75 Å². The lowest BCUT2D eigenvalue weighted by atomic mass is 10.1. The van der Waals surface area contributed by atoms with E-state index in [-0.39, 0.29) is 5.69 Å². The van der Waals surface area contributed by atoms with Crippen molar-refractivity contribution in [3.05, 3.63) is 69.8 Å². The highest BCUT2D eigenvalue weighted by atomic mass is 16.6. The smallest absolute Gasteiger partial charge is 0.269 e. The van der Waals surface area contributed by atoms with Crippen LogP contribution in [0.1, 0.15) is 30.6 Å². The fourth-order valence-electron chi connectivity index (χ4n) is 1.90. The lowest BCUT2D eigenvalue weighted by molar-refractivity contribution is -0.384. The zero-order valence-electron chi connectivity index (χ0n) is 11.7. The predicted octanol–water partition coefficient (Wildman–Crippen LogP) is 3.62. The minimum absolute atomic E-state index is 0.0663. The quantitative estimate of drug-likeness (QED) is 0.650. The molecule has 0 aliphatic heterocycles. The fraction of sp³-hybridized carbons (Fsp3) is 0.250. The van der Waals surface area contributed by atoms with Crippen LogP contribution in [0.15, 0.2) is 48.5 Å². The van der Waals surface area contributed by atoms with E-state index < -0.39 is 11.0 Å². The van der Waals surface area contributed by atoms with Crippen molar-refractivity contribution in [2.75, 3.05) is 0 Å². The third-order valence-corrected chi connectivity index (χ3v) is 3.20. The van der Waals surface area contributed by atoms with Crippen molar-refractivity contribution in [1.82, 2.24) is 0 Å². The van der Waals surface area contributed by atoms with Gasteiger partial charge in [-0.3, -0.25) is 10.1 Å². The normalized spacial score (nSPS) is 11.9. The molecule has 0 saturated carbocycles. The second-order valence-corrected chi connectivity index (χ2v) is 4.71. The van der Waals surface area contributed by atoms with E-state index in [1.807, 2.05) is 19.1 Å². The number of rotatable bonds is 6. The molecule has 110 valence electrons. The molecule has 2 rings (SSSR count). The summed E-state index contributed by atoms with van der Waals surface area (Å²) in [4.78, 5) is 10.1. The number of non-ortho nitro benzene ring substituents is 1. The van der Waals surface area contributed by atoms with Gasteiger partial charge in [0.2, 0.25) is 0 Å². The summed E-state index contributed by atoms with van der Waals surface area (Å²) in [5, 5.41) is 20.3. The van der Waals surface area contributed by atoms with Gasteiger partial charge in [-0.25, -0.2) is 0 Å². The van der Waals surface area contributed by atoms with Gasteiger partial charge in [0.05, 0.1) is 11.0 Å². The molecular formula is C16H17NO4.